The van der Waals surface area contributed by atoms with Gasteiger partial charge >= 0.3 is 6.03 Å². The molecule has 1 saturated heterocycles. The van der Waals surface area contributed by atoms with E-state index in [9.17, 15) is 9.59 Å². The van der Waals surface area contributed by atoms with Gasteiger partial charge in [0.2, 0.25) is 5.91 Å². The van der Waals surface area contributed by atoms with E-state index in [2.05, 4.69) is 27.5 Å². The number of piperidine rings is 1. The van der Waals surface area contributed by atoms with E-state index in [4.69, 9.17) is 0 Å². The average molecular weight is 323 g/mol. The van der Waals surface area contributed by atoms with Crippen LogP contribution in [-0.2, 0) is 4.79 Å². The molecule has 1 fully saturated rings. The van der Waals surface area contributed by atoms with E-state index in [1.165, 1.54) is 5.56 Å². The Balaban J connectivity index is 1.72. The standard InChI is InChI=1S/C16H25N3O2S/c1-16(2,3)18-14(20)10-17-15(21)19-7-4-12(5-8-19)13-6-9-22-11-13/h6,9,11-12H,4-5,7-8,10H2,1-3H3,(H,17,21)(H,18,20). The highest BCUT2D eigenvalue weighted by Gasteiger charge is 2.24. The number of thiophene rings is 1. The molecule has 2 N–H and O–H groups in total. The maximum atomic E-state index is 12.1. The minimum absolute atomic E-state index is 0.0283. The Morgan fingerprint density at radius 2 is 2.00 bits per heavy atom. The molecule has 5 nitrogen and oxygen atoms in total. The molecule has 1 aromatic heterocycles. The first-order valence-corrected chi connectivity index (χ1v) is 8.65. The van der Waals surface area contributed by atoms with Crippen LogP contribution in [-0.4, -0.2) is 42.0 Å². The van der Waals surface area contributed by atoms with Gasteiger partial charge in [-0.25, -0.2) is 4.79 Å². The molecular weight excluding hydrogens is 298 g/mol. The van der Waals surface area contributed by atoms with Gasteiger partial charge in [-0.1, -0.05) is 0 Å². The number of nitrogens with one attached hydrogen (secondary N) is 2. The zero-order valence-electron chi connectivity index (χ0n) is 13.5. The molecule has 2 heterocycles. The highest BCUT2D eigenvalue weighted by Crippen LogP contribution is 2.29. The van der Waals surface area contributed by atoms with Crippen molar-refractivity contribution >= 4 is 23.3 Å². The van der Waals surface area contributed by atoms with E-state index >= 15 is 0 Å². The van der Waals surface area contributed by atoms with Crippen LogP contribution in [0.25, 0.3) is 0 Å². The summed E-state index contributed by atoms with van der Waals surface area (Å²) in [5.41, 5.74) is 1.11. The van der Waals surface area contributed by atoms with Gasteiger partial charge in [0.15, 0.2) is 0 Å². The number of urea groups is 1. The number of rotatable bonds is 3. The normalized spacial score (nSPS) is 16.4. The van der Waals surface area contributed by atoms with Crippen LogP contribution in [0.4, 0.5) is 4.79 Å². The Kier molecular flexibility index (Phi) is 5.45. The van der Waals surface area contributed by atoms with Crippen LogP contribution < -0.4 is 10.6 Å². The van der Waals surface area contributed by atoms with Gasteiger partial charge in [0.05, 0.1) is 6.54 Å². The van der Waals surface area contributed by atoms with Crippen molar-refractivity contribution < 1.29 is 9.59 Å². The average Bonchev–Trinajstić information content (AvgIpc) is 2.97. The highest BCUT2D eigenvalue weighted by atomic mass is 32.1. The molecule has 0 bridgehead atoms. The first-order chi connectivity index (χ1) is 10.3. The molecule has 2 rings (SSSR count). The van der Waals surface area contributed by atoms with Gasteiger partial charge in [0.1, 0.15) is 0 Å². The van der Waals surface area contributed by atoms with Crippen LogP contribution in [0.3, 0.4) is 0 Å². The lowest BCUT2D eigenvalue weighted by Gasteiger charge is -2.32. The van der Waals surface area contributed by atoms with Gasteiger partial charge < -0.3 is 15.5 Å². The molecule has 6 heteroatoms. The Labute approximate surface area is 136 Å². The number of hydrogen-bond acceptors (Lipinski definition) is 3. The summed E-state index contributed by atoms with van der Waals surface area (Å²) in [6.07, 6.45) is 1.97. The molecule has 0 spiro atoms. The van der Waals surface area contributed by atoms with E-state index in [0.717, 1.165) is 25.9 Å². The second-order valence-corrected chi connectivity index (χ2v) is 7.55. The smallest absolute Gasteiger partial charge is 0.317 e. The summed E-state index contributed by atoms with van der Waals surface area (Å²) >= 11 is 1.72. The van der Waals surface area contributed by atoms with Crippen molar-refractivity contribution in [2.24, 2.45) is 0 Å². The lowest BCUT2D eigenvalue weighted by Crippen LogP contribution is -2.49. The van der Waals surface area contributed by atoms with Gasteiger partial charge in [-0.15, -0.1) is 0 Å². The van der Waals surface area contributed by atoms with Crippen molar-refractivity contribution in [3.05, 3.63) is 22.4 Å². The molecule has 0 unspecified atom stereocenters. The molecule has 122 valence electrons. The molecule has 1 aromatic rings. The molecule has 0 radical (unpaired) electrons. The summed E-state index contributed by atoms with van der Waals surface area (Å²) in [5, 5.41) is 9.82. The number of likely N-dealkylation sites (tertiary alicyclic amines) is 1. The summed E-state index contributed by atoms with van der Waals surface area (Å²) < 4.78 is 0. The first kappa shape index (κ1) is 16.8. The lowest BCUT2D eigenvalue weighted by atomic mass is 9.91. The van der Waals surface area contributed by atoms with Crippen molar-refractivity contribution in [2.45, 2.75) is 45.1 Å². The molecule has 22 heavy (non-hydrogen) atoms. The monoisotopic (exact) mass is 323 g/mol. The molecular formula is C16H25N3O2S. The maximum Gasteiger partial charge on any atom is 0.317 e. The van der Waals surface area contributed by atoms with Crippen LogP contribution in [0.1, 0.15) is 45.1 Å². The second kappa shape index (κ2) is 7.13. The molecule has 0 aliphatic carbocycles. The van der Waals surface area contributed by atoms with Crippen LogP contribution in [0.2, 0.25) is 0 Å². The number of carbonyl (C=O) groups is 2. The number of hydrogen-bond donors (Lipinski definition) is 2. The number of amides is 3. The predicted molar refractivity (Wildman–Crippen MR) is 89.2 cm³/mol. The summed E-state index contributed by atoms with van der Waals surface area (Å²) in [4.78, 5) is 25.6. The quantitative estimate of drug-likeness (QED) is 0.898. The Morgan fingerprint density at radius 1 is 1.32 bits per heavy atom. The topological polar surface area (TPSA) is 61.4 Å². The third-order valence-corrected chi connectivity index (χ3v) is 4.41. The van der Waals surface area contributed by atoms with Crippen LogP contribution in [0.5, 0.6) is 0 Å². The summed E-state index contributed by atoms with van der Waals surface area (Å²) in [6.45, 7) is 7.27. The highest BCUT2D eigenvalue weighted by molar-refractivity contribution is 7.07. The van der Waals surface area contributed by atoms with Gasteiger partial charge in [-0.05, 0) is 61.9 Å². The van der Waals surface area contributed by atoms with E-state index in [1.807, 2.05) is 20.8 Å². The molecule has 3 amide bonds. The van der Waals surface area contributed by atoms with Gasteiger partial charge in [0.25, 0.3) is 0 Å². The van der Waals surface area contributed by atoms with Crippen LogP contribution >= 0.6 is 11.3 Å². The Bertz CT molecular complexity index is 500. The predicted octanol–water partition coefficient (Wildman–Crippen LogP) is 2.55. The molecule has 0 saturated carbocycles. The van der Waals surface area contributed by atoms with Crippen molar-refractivity contribution in [3.8, 4) is 0 Å². The summed E-state index contributed by atoms with van der Waals surface area (Å²) in [7, 11) is 0. The van der Waals surface area contributed by atoms with E-state index in [1.54, 1.807) is 16.2 Å². The van der Waals surface area contributed by atoms with Crippen molar-refractivity contribution in [2.75, 3.05) is 19.6 Å². The third kappa shape index (κ3) is 5.02. The largest absolute Gasteiger partial charge is 0.350 e. The second-order valence-electron chi connectivity index (χ2n) is 6.77. The van der Waals surface area contributed by atoms with Crippen molar-refractivity contribution in [3.63, 3.8) is 0 Å². The van der Waals surface area contributed by atoms with Gasteiger partial charge in [-0.3, -0.25) is 4.79 Å². The van der Waals surface area contributed by atoms with E-state index < -0.39 is 0 Å². The van der Waals surface area contributed by atoms with Crippen LogP contribution in [0, 0.1) is 0 Å². The molecule has 0 aromatic carbocycles. The SMILES string of the molecule is CC(C)(C)NC(=O)CNC(=O)N1CCC(c2ccsc2)CC1. The Hall–Kier alpha value is -1.56. The Morgan fingerprint density at radius 3 is 2.55 bits per heavy atom. The summed E-state index contributed by atoms with van der Waals surface area (Å²) in [5.74, 6) is 0.397. The number of nitrogens with zero attached hydrogens (tertiary/aromatic N) is 1. The fraction of sp³-hybridized carbons (Fsp3) is 0.625. The fourth-order valence-corrected chi connectivity index (χ4v) is 3.40. The maximum absolute atomic E-state index is 12.1. The zero-order valence-corrected chi connectivity index (χ0v) is 14.3. The third-order valence-electron chi connectivity index (χ3n) is 3.71. The fourth-order valence-electron chi connectivity index (χ4n) is 2.65. The zero-order chi connectivity index (χ0) is 16.2. The molecule has 0 atom stereocenters. The van der Waals surface area contributed by atoms with Crippen LogP contribution in [0.15, 0.2) is 16.8 Å². The van der Waals surface area contributed by atoms with Gasteiger partial charge in [0, 0.05) is 18.6 Å². The van der Waals surface area contributed by atoms with Crippen molar-refractivity contribution in [1.29, 1.82) is 0 Å². The van der Waals surface area contributed by atoms with E-state index in [0.29, 0.717) is 5.92 Å². The molecule has 1 aliphatic rings. The first-order valence-electron chi connectivity index (χ1n) is 7.71. The lowest BCUT2D eigenvalue weighted by molar-refractivity contribution is -0.121. The van der Waals surface area contributed by atoms with Gasteiger partial charge in [-0.2, -0.15) is 11.3 Å². The minimum Gasteiger partial charge on any atom is -0.350 e. The van der Waals surface area contributed by atoms with Crippen molar-refractivity contribution in [1.82, 2.24) is 15.5 Å². The summed E-state index contributed by atoms with van der Waals surface area (Å²) in [6, 6.07) is 2.02. The molecule has 1 aliphatic heterocycles. The number of carbonyl (C=O) groups excluding carboxylic acids is 2. The van der Waals surface area contributed by atoms with E-state index in [-0.39, 0.29) is 24.0 Å². The minimum atomic E-state index is -0.277.